The smallest absolute Gasteiger partial charge is 0.199 e. The Kier molecular flexibility index (Phi) is 3.87. The Bertz CT molecular complexity index is 545. The van der Waals surface area contributed by atoms with Crippen LogP contribution in [-0.4, -0.2) is 5.78 Å². The van der Waals surface area contributed by atoms with Gasteiger partial charge in [0.15, 0.2) is 11.5 Å². The van der Waals surface area contributed by atoms with Crippen molar-refractivity contribution in [1.29, 1.82) is 0 Å². The third-order valence-electron chi connectivity index (χ3n) is 2.87. The Balaban J connectivity index is 2.08. The summed E-state index contributed by atoms with van der Waals surface area (Å²) in [5.74, 6) is 0.517. The van der Waals surface area contributed by atoms with E-state index in [-0.39, 0.29) is 11.7 Å². The van der Waals surface area contributed by atoms with Crippen LogP contribution in [0, 0.1) is 0 Å². The number of carbonyl (C=O) groups excluding carboxylic acids is 1. The lowest BCUT2D eigenvalue weighted by Crippen LogP contribution is -2.04. The fraction of sp³-hybridized carbons (Fsp3) is 0.214. The molecule has 0 aliphatic heterocycles. The highest BCUT2D eigenvalue weighted by molar-refractivity contribution is 9.10. The van der Waals surface area contributed by atoms with Crippen LogP contribution in [0.25, 0.3) is 0 Å². The average Bonchev–Trinajstić information content (AvgIpc) is 2.76. The fourth-order valence-electron chi connectivity index (χ4n) is 1.81. The Labute approximate surface area is 114 Å². The van der Waals surface area contributed by atoms with Crippen LogP contribution in [0.15, 0.2) is 45.5 Å². The standard InChI is InChI=1S/C14H14BrNO2/c1-9(10-2-4-11(16)5-3-10)8-13(17)14-12(15)6-7-18-14/h2-7,9H,8,16H2,1H3. The molecule has 2 rings (SSSR count). The Hall–Kier alpha value is -1.55. The zero-order valence-corrected chi connectivity index (χ0v) is 11.6. The molecule has 0 amide bonds. The Morgan fingerprint density at radius 2 is 2.00 bits per heavy atom. The molecule has 0 saturated carbocycles. The molecule has 2 aromatic rings. The van der Waals surface area contributed by atoms with Gasteiger partial charge in [-0.3, -0.25) is 4.79 Å². The molecule has 0 aliphatic carbocycles. The van der Waals surface area contributed by atoms with Gasteiger partial charge < -0.3 is 10.2 Å². The van der Waals surface area contributed by atoms with E-state index in [1.165, 1.54) is 6.26 Å². The van der Waals surface area contributed by atoms with Crippen molar-refractivity contribution in [3.05, 3.63) is 52.4 Å². The van der Waals surface area contributed by atoms with Crippen molar-refractivity contribution >= 4 is 27.4 Å². The van der Waals surface area contributed by atoms with Crippen molar-refractivity contribution in [3.63, 3.8) is 0 Å². The van der Waals surface area contributed by atoms with Gasteiger partial charge in [0.05, 0.1) is 10.7 Å². The van der Waals surface area contributed by atoms with Crippen molar-refractivity contribution in [2.75, 3.05) is 5.73 Å². The first kappa shape index (κ1) is 12.9. The molecule has 1 unspecified atom stereocenters. The molecule has 18 heavy (non-hydrogen) atoms. The molecule has 0 radical (unpaired) electrons. The van der Waals surface area contributed by atoms with Gasteiger partial charge in [-0.25, -0.2) is 0 Å². The number of benzene rings is 1. The summed E-state index contributed by atoms with van der Waals surface area (Å²) in [4.78, 5) is 12.0. The molecule has 0 aliphatic rings. The number of halogens is 1. The van der Waals surface area contributed by atoms with E-state index in [0.29, 0.717) is 16.7 Å². The van der Waals surface area contributed by atoms with Crippen LogP contribution >= 0.6 is 15.9 Å². The second-order valence-corrected chi connectivity index (χ2v) is 5.15. The van der Waals surface area contributed by atoms with Crippen LogP contribution in [-0.2, 0) is 0 Å². The molecule has 0 saturated heterocycles. The maximum absolute atomic E-state index is 12.0. The molecule has 94 valence electrons. The first-order valence-corrected chi connectivity index (χ1v) is 6.49. The molecule has 2 N–H and O–H groups in total. The second kappa shape index (κ2) is 5.40. The lowest BCUT2D eigenvalue weighted by molar-refractivity contribution is 0.0947. The molecule has 1 aromatic heterocycles. The summed E-state index contributed by atoms with van der Waals surface area (Å²) in [6.07, 6.45) is 1.92. The fourth-order valence-corrected chi connectivity index (χ4v) is 2.23. The molecule has 3 nitrogen and oxygen atoms in total. The zero-order valence-electron chi connectivity index (χ0n) is 10.0. The molecule has 4 heteroatoms. The Morgan fingerprint density at radius 1 is 1.33 bits per heavy atom. The molecular formula is C14H14BrNO2. The zero-order chi connectivity index (χ0) is 13.1. The number of rotatable bonds is 4. The van der Waals surface area contributed by atoms with Crippen LogP contribution in [0.3, 0.4) is 0 Å². The summed E-state index contributed by atoms with van der Waals surface area (Å²) < 4.78 is 5.87. The van der Waals surface area contributed by atoms with Crippen LogP contribution in [0.1, 0.15) is 35.4 Å². The largest absolute Gasteiger partial charge is 0.460 e. The lowest BCUT2D eigenvalue weighted by atomic mass is 9.95. The minimum absolute atomic E-state index is 0.00352. The molecule has 0 bridgehead atoms. The number of Topliss-reactive ketones (excluding diaryl/α,β-unsaturated/α-hetero) is 1. The van der Waals surface area contributed by atoms with Gasteiger partial charge in [-0.1, -0.05) is 19.1 Å². The van der Waals surface area contributed by atoms with Gasteiger partial charge in [0.2, 0.25) is 0 Å². The number of hydrogen-bond donors (Lipinski definition) is 1. The van der Waals surface area contributed by atoms with Crippen LogP contribution in [0.5, 0.6) is 0 Å². The van der Waals surface area contributed by atoms with Crippen LogP contribution in [0.4, 0.5) is 5.69 Å². The van der Waals surface area contributed by atoms with Gasteiger partial charge in [-0.05, 0) is 45.6 Å². The molecule has 1 aromatic carbocycles. The van der Waals surface area contributed by atoms with E-state index in [1.54, 1.807) is 6.07 Å². The van der Waals surface area contributed by atoms with Crippen LogP contribution in [0.2, 0.25) is 0 Å². The maximum atomic E-state index is 12.0. The molecular weight excluding hydrogens is 294 g/mol. The number of carbonyl (C=O) groups is 1. The van der Waals surface area contributed by atoms with E-state index >= 15 is 0 Å². The molecule has 0 spiro atoms. The Morgan fingerprint density at radius 3 is 2.56 bits per heavy atom. The van der Waals surface area contributed by atoms with Gasteiger partial charge >= 0.3 is 0 Å². The molecule has 1 atom stereocenters. The minimum atomic E-state index is -0.00352. The van der Waals surface area contributed by atoms with Crippen molar-refractivity contribution < 1.29 is 9.21 Å². The SMILES string of the molecule is CC(CC(=O)c1occc1Br)c1ccc(N)cc1. The molecule has 1 heterocycles. The van der Waals surface area contributed by atoms with E-state index in [1.807, 2.05) is 31.2 Å². The summed E-state index contributed by atoms with van der Waals surface area (Å²) >= 11 is 3.29. The van der Waals surface area contributed by atoms with Crippen molar-refractivity contribution in [2.45, 2.75) is 19.3 Å². The number of furan rings is 1. The number of nitrogen functional groups attached to an aromatic ring is 1. The minimum Gasteiger partial charge on any atom is -0.460 e. The van der Waals surface area contributed by atoms with Crippen LogP contribution < -0.4 is 5.73 Å². The summed E-state index contributed by atoms with van der Waals surface area (Å²) in [7, 11) is 0. The third kappa shape index (κ3) is 2.82. The molecule has 0 fully saturated rings. The van der Waals surface area contributed by atoms with E-state index < -0.39 is 0 Å². The second-order valence-electron chi connectivity index (χ2n) is 4.29. The normalized spacial score (nSPS) is 12.3. The van der Waals surface area contributed by atoms with Crippen molar-refractivity contribution in [1.82, 2.24) is 0 Å². The summed E-state index contributed by atoms with van der Waals surface area (Å²) in [5.41, 5.74) is 7.46. The van der Waals surface area contributed by atoms with E-state index in [0.717, 1.165) is 11.3 Å². The summed E-state index contributed by atoms with van der Waals surface area (Å²) in [5, 5.41) is 0. The maximum Gasteiger partial charge on any atom is 0.199 e. The van der Waals surface area contributed by atoms with E-state index in [9.17, 15) is 4.79 Å². The van der Waals surface area contributed by atoms with Gasteiger partial charge in [0.25, 0.3) is 0 Å². The number of hydrogen-bond acceptors (Lipinski definition) is 3. The number of anilines is 1. The third-order valence-corrected chi connectivity index (χ3v) is 3.49. The van der Waals surface area contributed by atoms with E-state index in [2.05, 4.69) is 15.9 Å². The van der Waals surface area contributed by atoms with Gasteiger partial charge in [-0.2, -0.15) is 0 Å². The number of ketones is 1. The van der Waals surface area contributed by atoms with Gasteiger partial charge in [0.1, 0.15) is 0 Å². The average molecular weight is 308 g/mol. The predicted octanol–water partition coefficient (Wildman–Crippen LogP) is 4.00. The van der Waals surface area contributed by atoms with Crippen molar-refractivity contribution in [3.8, 4) is 0 Å². The first-order valence-electron chi connectivity index (χ1n) is 5.69. The highest BCUT2D eigenvalue weighted by atomic mass is 79.9. The van der Waals surface area contributed by atoms with Gasteiger partial charge in [0, 0.05) is 12.1 Å². The van der Waals surface area contributed by atoms with Crippen molar-refractivity contribution in [2.24, 2.45) is 0 Å². The summed E-state index contributed by atoms with van der Waals surface area (Å²) in [6, 6.07) is 9.31. The number of nitrogens with two attached hydrogens (primary N) is 1. The van der Waals surface area contributed by atoms with Gasteiger partial charge in [-0.15, -0.1) is 0 Å². The summed E-state index contributed by atoms with van der Waals surface area (Å²) in [6.45, 7) is 2.01. The highest BCUT2D eigenvalue weighted by Crippen LogP contribution is 2.25. The first-order chi connectivity index (χ1) is 8.58. The lowest BCUT2D eigenvalue weighted by Gasteiger charge is -2.10. The van der Waals surface area contributed by atoms with E-state index in [4.69, 9.17) is 10.2 Å². The predicted molar refractivity (Wildman–Crippen MR) is 74.6 cm³/mol. The topological polar surface area (TPSA) is 56.2 Å². The monoisotopic (exact) mass is 307 g/mol. The highest BCUT2D eigenvalue weighted by Gasteiger charge is 2.17. The quantitative estimate of drug-likeness (QED) is 0.686.